The number of aliphatic hydroxyl groups is 1. The van der Waals surface area contributed by atoms with Gasteiger partial charge in [-0.2, -0.15) is 0 Å². The molecule has 0 spiro atoms. The van der Waals surface area contributed by atoms with Gasteiger partial charge in [-0.15, -0.1) is 0 Å². The number of nitrogens with zero attached hydrogens (tertiary/aromatic N) is 1. The van der Waals surface area contributed by atoms with E-state index in [1.165, 1.54) is 0 Å². The van der Waals surface area contributed by atoms with Crippen LogP contribution >= 0.6 is 0 Å². The number of aliphatic hydroxyl groups excluding tert-OH is 1. The number of fused-ring (bicyclic) bond motifs is 1. The lowest BCUT2D eigenvalue weighted by Gasteiger charge is -2.29. The summed E-state index contributed by atoms with van der Waals surface area (Å²) in [5, 5.41) is 16.9. The minimum absolute atomic E-state index is 0.321. The third-order valence-corrected chi connectivity index (χ3v) is 5.83. The average Bonchev–Trinajstić information content (AvgIpc) is 3.35. The van der Waals surface area contributed by atoms with E-state index in [0.29, 0.717) is 48.9 Å². The molecule has 2 amide bonds. The second kappa shape index (κ2) is 10.5. The van der Waals surface area contributed by atoms with Crippen molar-refractivity contribution in [2.75, 3.05) is 32.8 Å². The number of hydrogen-bond acceptors (Lipinski definition) is 6. The quantitative estimate of drug-likeness (QED) is 0.546. The van der Waals surface area contributed by atoms with E-state index >= 15 is 0 Å². The summed E-state index contributed by atoms with van der Waals surface area (Å²) in [6.07, 6.45) is 2.13. The molecule has 4 rings (SSSR count). The van der Waals surface area contributed by atoms with E-state index in [9.17, 15) is 14.7 Å². The number of likely N-dealkylation sites (tertiary alicyclic amines) is 1. The molecule has 1 fully saturated rings. The number of rotatable bonds is 8. The smallest absolute Gasteiger partial charge is 0.315 e. The first-order chi connectivity index (χ1) is 15.6. The van der Waals surface area contributed by atoms with Gasteiger partial charge < -0.3 is 30.1 Å². The molecule has 0 radical (unpaired) electrons. The van der Waals surface area contributed by atoms with Crippen LogP contribution in [0.3, 0.4) is 0 Å². The molecule has 2 unspecified atom stereocenters. The first kappa shape index (κ1) is 22.1. The molecular formula is C24H29N3O5. The Labute approximate surface area is 187 Å². The molecule has 3 N–H and O–H groups in total. The molecule has 2 aliphatic rings. The van der Waals surface area contributed by atoms with Gasteiger partial charge >= 0.3 is 6.03 Å². The zero-order valence-corrected chi connectivity index (χ0v) is 18.0. The number of carbonyl (C=O) groups excluding carboxylic acids is 2. The third kappa shape index (κ3) is 5.57. The fraction of sp³-hybridized carbons (Fsp3) is 0.417. The second-order valence-electron chi connectivity index (χ2n) is 8.15. The number of ether oxygens (including phenoxy) is 2. The van der Waals surface area contributed by atoms with Crippen molar-refractivity contribution in [3.63, 3.8) is 0 Å². The highest BCUT2D eigenvalue weighted by Gasteiger charge is 2.27. The van der Waals surface area contributed by atoms with Crippen LogP contribution in [0.5, 0.6) is 11.5 Å². The van der Waals surface area contributed by atoms with Crippen LogP contribution in [0, 0.1) is 0 Å². The van der Waals surface area contributed by atoms with E-state index in [-0.39, 0.29) is 6.03 Å². The van der Waals surface area contributed by atoms with Gasteiger partial charge in [0.1, 0.15) is 25.6 Å². The van der Waals surface area contributed by atoms with Gasteiger partial charge in [0.25, 0.3) is 0 Å². The Hall–Kier alpha value is -3.10. The van der Waals surface area contributed by atoms with Crippen molar-refractivity contribution in [3.8, 4) is 11.5 Å². The summed E-state index contributed by atoms with van der Waals surface area (Å²) in [5.74, 6) is 1.27. The lowest BCUT2D eigenvalue weighted by atomic mass is 10.0. The lowest BCUT2D eigenvalue weighted by molar-refractivity contribution is 0.108. The summed E-state index contributed by atoms with van der Waals surface area (Å²) in [5.41, 5.74) is 2.14. The minimum atomic E-state index is -0.899. The third-order valence-electron chi connectivity index (χ3n) is 5.83. The molecule has 2 aliphatic heterocycles. The monoisotopic (exact) mass is 439 g/mol. The van der Waals surface area contributed by atoms with Crippen molar-refractivity contribution in [2.45, 2.75) is 31.5 Å². The van der Waals surface area contributed by atoms with E-state index in [1.54, 1.807) is 36.4 Å². The van der Waals surface area contributed by atoms with Crippen LogP contribution < -0.4 is 20.1 Å². The molecule has 0 aliphatic carbocycles. The molecular weight excluding hydrogens is 410 g/mol. The van der Waals surface area contributed by atoms with E-state index in [2.05, 4.69) is 15.5 Å². The van der Waals surface area contributed by atoms with Gasteiger partial charge in [0, 0.05) is 18.7 Å². The van der Waals surface area contributed by atoms with Crippen LogP contribution in [0.25, 0.3) is 0 Å². The van der Waals surface area contributed by atoms with Crippen molar-refractivity contribution < 1.29 is 24.2 Å². The maximum atomic E-state index is 12.6. The molecule has 1 saturated heterocycles. The number of benzene rings is 2. The highest BCUT2D eigenvalue weighted by atomic mass is 16.6. The molecule has 2 heterocycles. The van der Waals surface area contributed by atoms with Gasteiger partial charge in [-0.05, 0) is 49.2 Å². The zero-order valence-electron chi connectivity index (χ0n) is 18.0. The molecule has 0 aromatic heterocycles. The second-order valence-corrected chi connectivity index (χ2v) is 8.15. The highest BCUT2D eigenvalue weighted by molar-refractivity contribution is 5.75. The molecule has 32 heavy (non-hydrogen) atoms. The van der Waals surface area contributed by atoms with Crippen molar-refractivity contribution in [1.29, 1.82) is 0 Å². The highest BCUT2D eigenvalue weighted by Crippen LogP contribution is 2.33. The Morgan fingerprint density at radius 1 is 1.06 bits per heavy atom. The van der Waals surface area contributed by atoms with Gasteiger partial charge in [0.15, 0.2) is 11.5 Å². The van der Waals surface area contributed by atoms with Crippen LogP contribution in [0.15, 0.2) is 42.5 Å². The summed E-state index contributed by atoms with van der Waals surface area (Å²) in [7, 11) is 0. The number of urea groups is 1. The zero-order chi connectivity index (χ0) is 22.3. The van der Waals surface area contributed by atoms with Crippen LogP contribution in [0.1, 0.15) is 40.4 Å². The summed E-state index contributed by atoms with van der Waals surface area (Å²) >= 11 is 0. The van der Waals surface area contributed by atoms with Crippen molar-refractivity contribution in [3.05, 3.63) is 59.2 Å². The maximum Gasteiger partial charge on any atom is 0.315 e. The van der Waals surface area contributed by atoms with Gasteiger partial charge in [0.05, 0.1) is 6.04 Å². The average molecular weight is 440 g/mol. The number of aldehydes is 1. The number of hydrogen-bond donors (Lipinski definition) is 3. The summed E-state index contributed by atoms with van der Waals surface area (Å²) in [4.78, 5) is 25.7. The molecule has 8 heteroatoms. The largest absolute Gasteiger partial charge is 0.486 e. The van der Waals surface area contributed by atoms with Gasteiger partial charge in [-0.3, -0.25) is 4.79 Å². The normalized spacial score (nSPS) is 17.4. The molecule has 0 bridgehead atoms. The first-order valence-corrected chi connectivity index (χ1v) is 11.0. The molecule has 2 aromatic rings. The van der Waals surface area contributed by atoms with Gasteiger partial charge in [-0.1, -0.05) is 30.3 Å². The Morgan fingerprint density at radius 3 is 2.50 bits per heavy atom. The molecule has 2 atom stereocenters. The Kier molecular flexibility index (Phi) is 7.24. The Morgan fingerprint density at radius 2 is 1.78 bits per heavy atom. The molecule has 170 valence electrons. The van der Waals surface area contributed by atoms with Crippen molar-refractivity contribution in [1.82, 2.24) is 15.5 Å². The van der Waals surface area contributed by atoms with Gasteiger partial charge in [-0.25, -0.2) is 4.79 Å². The molecule has 2 aromatic carbocycles. The first-order valence-electron chi connectivity index (χ1n) is 11.0. The lowest BCUT2D eigenvalue weighted by Crippen LogP contribution is -2.49. The predicted molar refractivity (Wildman–Crippen MR) is 119 cm³/mol. The van der Waals surface area contributed by atoms with Crippen LogP contribution in [0.2, 0.25) is 0 Å². The number of carbonyl (C=O) groups is 2. The molecule has 0 saturated carbocycles. The van der Waals surface area contributed by atoms with E-state index in [0.717, 1.165) is 37.8 Å². The van der Waals surface area contributed by atoms with Crippen LogP contribution in [-0.2, 0) is 6.54 Å². The maximum absolute atomic E-state index is 12.6. The summed E-state index contributed by atoms with van der Waals surface area (Å²) < 4.78 is 11.2. The standard InChI is InChI=1S/C24H29N3O5/c28-16-18-5-3-17(4-6-18)14-25-24(30)26-20(15-27-9-1-2-10-27)23(29)19-7-8-21-22(13-19)32-12-11-31-21/h3-8,13,16,20,23,29H,1-2,9-12,14-15H2,(H2,25,26,30). The van der Waals surface area contributed by atoms with Gasteiger partial charge in [0.2, 0.25) is 0 Å². The fourth-order valence-corrected chi connectivity index (χ4v) is 4.06. The van der Waals surface area contributed by atoms with E-state index in [1.807, 2.05) is 6.07 Å². The topological polar surface area (TPSA) is 100 Å². The Bertz CT molecular complexity index is 928. The van der Waals surface area contributed by atoms with E-state index in [4.69, 9.17) is 9.47 Å². The van der Waals surface area contributed by atoms with Crippen LogP contribution in [-0.4, -0.2) is 61.2 Å². The predicted octanol–water partition coefficient (Wildman–Crippen LogP) is 2.27. The Balaban J connectivity index is 1.42. The van der Waals surface area contributed by atoms with E-state index < -0.39 is 12.1 Å². The van der Waals surface area contributed by atoms with Crippen molar-refractivity contribution >= 4 is 12.3 Å². The number of nitrogens with one attached hydrogen (secondary N) is 2. The SMILES string of the molecule is O=Cc1ccc(CNC(=O)NC(CN2CCCC2)C(O)c2ccc3c(c2)OCCO3)cc1. The summed E-state index contributed by atoms with van der Waals surface area (Å²) in [6.45, 7) is 3.76. The molecule has 8 nitrogen and oxygen atoms in total. The van der Waals surface area contributed by atoms with Crippen molar-refractivity contribution in [2.24, 2.45) is 0 Å². The fourth-order valence-electron chi connectivity index (χ4n) is 4.06. The minimum Gasteiger partial charge on any atom is -0.486 e. The summed E-state index contributed by atoms with van der Waals surface area (Å²) in [6, 6.07) is 11.6. The van der Waals surface area contributed by atoms with Crippen LogP contribution in [0.4, 0.5) is 4.79 Å². The number of amides is 2.